The second-order valence-electron chi connectivity index (χ2n) is 2.89. The molecule has 1 aromatic heterocycles. The van der Waals surface area contributed by atoms with Crippen molar-refractivity contribution in [2.75, 3.05) is 25.1 Å². The average molecular weight is 225 g/mol. The highest BCUT2D eigenvalue weighted by Crippen LogP contribution is 2.10. The van der Waals surface area contributed by atoms with E-state index in [0.717, 1.165) is 0 Å². The fraction of sp³-hybridized carbons (Fsp3) is 0.400. The van der Waals surface area contributed by atoms with E-state index in [4.69, 9.17) is 10.5 Å². The molecule has 0 bridgehead atoms. The van der Waals surface area contributed by atoms with E-state index in [0.29, 0.717) is 24.8 Å². The Hall–Kier alpha value is -1.98. The first-order chi connectivity index (χ1) is 7.72. The summed E-state index contributed by atoms with van der Waals surface area (Å²) in [7, 11) is 0. The second kappa shape index (κ2) is 6.49. The summed E-state index contributed by atoms with van der Waals surface area (Å²) in [6, 6.07) is 5.40. The highest BCUT2D eigenvalue weighted by molar-refractivity contribution is 5.64. The van der Waals surface area contributed by atoms with Crippen LogP contribution in [0.1, 0.15) is 6.92 Å². The lowest BCUT2D eigenvalue weighted by atomic mass is 10.4. The van der Waals surface area contributed by atoms with Gasteiger partial charge < -0.3 is 20.5 Å². The number of carbonyl (C=O) groups is 1. The van der Waals surface area contributed by atoms with Gasteiger partial charge in [0.1, 0.15) is 12.4 Å². The number of amides is 1. The molecule has 0 saturated heterocycles. The van der Waals surface area contributed by atoms with Crippen molar-refractivity contribution in [2.24, 2.45) is 5.73 Å². The number of nitrogens with one attached hydrogen (secondary N) is 1. The first-order valence-electron chi connectivity index (χ1n) is 4.98. The molecule has 0 radical (unpaired) electrons. The molecule has 0 aliphatic rings. The molecule has 3 N–H and O–H groups in total. The molecule has 0 aliphatic heterocycles. The molecule has 6 nitrogen and oxygen atoms in total. The van der Waals surface area contributed by atoms with Gasteiger partial charge in [-0.15, -0.1) is 0 Å². The largest absolute Gasteiger partial charge is 0.478 e. The third-order valence-corrected chi connectivity index (χ3v) is 1.67. The summed E-state index contributed by atoms with van der Waals surface area (Å²) >= 11 is 0. The van der Waals surface area contributed by atoms with E-state index in [2.05, 4.69) is 15.0 Å². The molecule has 0 fully saturated rings. The van der Waals surface area contributed by atoms with Gasteiger partial charge in [-0.1, -0.05) is 6.07 Å². The van der Waals surface area contributed by atoms with Crippen LogP contribution in [0, 0.1) is 0 Å². The average Bonchev–Trinajstić information content (AvgIpc) is 2.25. The number of ether oxygens (including phenoxy) is 2. The SMILES string of the molecule is CCOc1cccc(NCCOC(N)=O)n1. The van der Waals surface area contributed by atoms with Gasteiger partial charge in [0.2, 0.25) is 5.88 Å². The van der Waals surface area contributed by atoms with Crippen LogP contribution in [0.3, 0.4) is 0 Å². The number of nitrogens with zero attached hydrogens (tertiary/aromatic N) is 1. The van der Waals surface area contributed by atoms with E-state index in [9.17, 15) is 4.79 Å². The fourth-order valence-corrected chi connectivity index (χ4v) is 1.07. The zero-order valence-electron chi connectivity index (χ0n) is 9.10. The standard InChI is InChI=1S/C10H15N3O3/c1-2-15-9-5-3-4-8(13-9)12-6-7-16-10(11)14/h3-5H,2,6-7H2,1H3,(H2,11,14)(H,12,13). The molecule has 0 aliphatic carbocycles. The maximum absolute atomic E-state index is 10.3. The highest BCUT2D eigenvalue weighted by Gasteiger charge is 1.98. The third-order valence-electron chi connectivity index (χ3n) is 1.67. The number of anilines is 1. The quantitative estimate of drug-likeness (QED) is 0.705. The zero-order chi connectivity index (χ0) is 11.8. The number of carbonyl (C=O) groups excluding carboxylic acids is 1. The molecule has 6 heteroatoms. The maximum Gasteiger partial charge on any atom is 0.404 e. The molecule has 0 spiro atoms. The molecule has 0 aromatic carbocycles. The minimum atomic E-state index is -0.780. The first-order valence-corrected chi connectivity index (χ1v) is 4.98. The monoisotopic (exact) mass is 225 g/mol. The van der Waals surface area contributed by atoms with Crippen LogP contribution in [0.4, 0.5) is 10.6 Å². The Kier molecular flexibility index (Phi) is 4.91. The van der Waals surface area contributed by atoms with E-state index >= 15 is 0 Å². The van der Waals surface area contributed by atoms with E-state index in [1.54, 1.807) is 12.1 Å². The van der Waals surface area contributed by atoms with Crippen LogP contribution in [0.15, 0.2) is 18.2 Å². The molecule has 88 valence electrons. The van der Waals surface area contributed by atoms with Crippen molar-refractivity contribution in [1.82, 2.24) is 4.98 Å². The number of hydrogen-bond donors (Lipinski definition) is 2. The van der Waals surface area contributed by atoms with Gasteiger partial charge in [0.15, 0.2) is 0 Å². The van der Waals surface area contributed by atoms with Crippen LogP contribution in [-0.2, 0) is 4.74 Å². The maximum atomic E-state index is 10.3. The van der Waals surface area contributed by atoms with E-state index in [1.165, 1.54) is 0 Å². The summed E-state index contributed by atoms with van der Waals surface area (Å²) in [5, 5.41) is 2.97. The Morgan fingerprint density at radius 3 is 3.06 bits per heavy atom. The van der Waals surface area contributed by atoms with Crippen molar-refractivity contribution in [3.8, 4) is 5.88 Å². The van der Waals surface area contributed by atoms with Gasteiger partial charge in [-0.05, 0) is 13.0 Å². The van der Waals surface area contributed by atoms with Crippen molar-refractivity contribution >= 4 is 11.9 Å². The molecule has 0 atom stereocenters. The van der Waals surface area contributed by atoms with Crippen molar-refractivity contribution in [3.63, 3.8) is 0 Å². The van der Waals surface area contributed by atoms with Gasteiger partial charge in [-0.3, -0.25) is 0 Å². The lowest BCUT2D eigenvalue weighted by molar-refractivity contribution is 0.161. The summed E-state index contributed by atoms with van der Waals surface area (Å²) in [6.45, 7) is 3.12. The van der Waals surface area contributed by atoms with Crippen molar-refractivity contribution in [3.05, 3.63) is 18.2 Å². The Labute approximate surface area is 93.8 Å². The number of primary amides is 1. The first kappa shape index (κ1) is 12.1. The van der Waals surface area contributed by atoms with Gasteiger partial charge in [-0.25, -0.2) is 4.79 Å². The Bertz CT molecular complexity index is 344. The molecule has 1 aromatic rings. The second-order valence-corrected chi connectivity index (χ2v) is 2.89. The van der Waals surface area contributed by atoms with Crippen LogP contribution in [0.2, 0.25) is 0 Å². The van der Waals surface area contributed by atoms with Crippen LogP contribution in [-0.4, -0.2) is 30.8 Å². The predicted molar refractivity (Wildman–Crippen MR) is 59.4 cm³/mol. The number of pyridine rings is 1. The van der Waals surface area contributed by atoms with Crippen LogP contribution >= 0.6 is 0 Å². The molecule has 1 heterocycles. The van der Waals surface area contributed by atoms with Gasteiger partial charge in [-0.2, -0.15) is 4.98 Å². The zero-order valence-corrected chi connectivity index (χ0v) is 9.10. The summed E-state index contributed by atoms with van der Waals surface area (Å²) < 4.78 is 9.79. The minimum absolute atomic E-state index is 0.204. The van der Waals surface area contributed by atoms with Crippen molar-refractivity contribution < 1.29 is 14.3 Å². The molecule has 0 saturated carbocycles. The van der Waals surface area contributed by atoms with Gasteiger partial charge in [0, 0.05) is 6.07 Å². The predicted octanol–water partition coefficient (Wildman–Crippen LogP) is 0.987. The Morgan fingerprint density at radius 1 is 1.56 bits per heavy atom. The lowest BCUT2D eigenvalue weighted by Crippen LogP contribution is -2.18. The molecule has 16 heavy (non-hydrogen) atoms. The third kappa shape index (κ3) is 4.50. The summed E-state index contributed by atoms with van der Waals surface area (Å²) in [4.78, 5) is 14.5. The molecular weight excluding hydrogens is 210 g/mol. The van der Waals surface area contributed by atoms with Gasteiger partial charge >= 0.3 is 6.09 Å². The fourth-order valence-electron chi connectivity index (χ4n) is 1.07. The Balaban J connectivity index is 2.35. The molecular formula is C10H15N3O3. The Morgan fingerprint density at radius 2 is 2.38 bits per heavy atom. The lowest BCUT2D eigenvalue weighted by Gasteiger charge is -2.07. The smallest absolute Gasteiger partial charge is 0.404 e. The topological polar surface area (TPSA) is 86.5 Å². The molecule has 0 unspecified atom stereocenters. The number of aromatic nitrogens is 1. The summed E-state index contributed by atoms with van der Waals surface area (Å²) in [5.74, 6) is 1.22. The number of rotatable bonds is 6. The van der Waals surface area contributed by atoms with Gasteiger partial charge in [0.05, 0.1) is 13.2 Å². The van der Waals surface area contributed by atoms with E-state index in [-0.39, 0.29) is 6.61 Å². The molecule has 1 amide bonds. The summed E-state index contributed by atoms with van der Waals surface area (Å²) in [5.41, 5.74) is 4.81. The van der Waals surface area contributed by atoms with E-state index in [1.807, 2.05) is 13.0 Å². The van der Waals surface area contributed by atoms with Crippen LogP contribution < -0.4 is 15.8 Å². The number of nitrogens with two attached hydrogens (primary N) is 1. The normalized spacial score (nSPS) is 9.56. The van der Waals surface area contributed by atoms with Crippen LogP contribution in [0.5, 0.6) is 5.88 Å². The van der Waals surface area contributed by atoms with Crippen LogP contribution in [0.25, 0.3) is 0 Å². The van der Waals surface area contributed by atoms with Gasteiger partial charge in [0.25, 0.3) is 0 Å². The number of hydrogen-bond acceptors (Lipinski definition) is 5. The summed E-state index contributed by atoms with van der Waals surface area (Å²) in [6.07, 6.45) is -0.780. The van der Waals surface area contributed by atoms with Crippen molar-refractivity contribution in [1.29, 1.82) is 0 Å². The highest BCUT2D eigenvalue weighted by atomic mass is 16.5. The minimum Gasteiger partial charge on any atom is -0.478 e. The van der Waals surface area contributed by atoms with Crippen molar-refractivity contribution in [2.45, 2.75) is 6.92 Å². The van der Waals surface area contributed by atoms with E-state index < -0.39 is 6.09 Å². The molecule has 1 rings (SSSR count).